The highest BCUT2D eigenvalue weighted by Gasteiger charge is 2.12. The number of anilines is 1. The van der Waals surface area contributed by atoms with Crippen molar-refractivity contribution in [3.8, 4) is 11.4 Å². The molecule has 0 aliphatic carbocycles. The van der Waals surface area contributed by atoms with Gasteiger partial charge in [-0.3, -0.25) is 14.9 Å². The van der Waals surface area contributed by atoms with E-state index in [-0.39, 0.29) is 18.1 Å². The van der Waals surface area contributed by atoms with Crippen LogP contribution in [0.5, 0.6) is 5.75 Å². The Morgan fingerprint density at radius 3 is 2.52 bits per heavy atom. The van der Waals surface area contributed by atoms with Crippen LogP contribution in [0.4, 0.5) is 15.9 Å². The van der Waals surface area contributed by atoms with Crippen molar-refractivity contribution in [2.45, 2.75) is 6.92 Å². The summed E-state index contributed by atoms with van der Waals surface area (Å²) >= 11 is 0. The first-order chi connectivity index (χ1) is 12.9. The van der Waals surface area contributed by atoms with E-state index in [1.807, 2.05) is 0 Å². The van der Waals surface area contributed by atoms with Crippen molar-refractivity contribution in [1.29, 1.82) is 0 Å². The second-order valence-electron chi connectivity index (χ2n) is 5.65. The summed E-state index contributed by atoms with van der Waals surface area (Å²) < 4.78 is 19.9. The number of amides is 1. The molecule has 0 radical (unpaired) electrons. The van der Waals surface area contributed by atoms with Gasteiger partial charge in [-0.05, 0) is 43.3 Å². The topological polar surface area (TPSA) is 99.3 Å². The van der Waals surface area contributed by atoms with E-state index in [2.05, 4.69) is 10.4 Å². The first kappa shape index (κ1) is 18.1. The molecule has 0 saturated carbocycles. The highest BCUT2D eigenvalue weighted by molar-refractivity contribution is 5.91. The Morgan fingerprint density at radius 2 is 1.89 bits per heavy atom. The molecule has 1 heterocycles. The standard InChI is InChI=1S/C18H15FN4O4/c1-12-10-17(22(21-12)14-4-2-13(19)3-5-14)20-18(24)11-27-16-8-6-15(7-9-16)23(25)26/h2-10H,11H2,1H3,(H,20,24). The van der Waals surface area contributed by atoms with Crippen molar-refractivity contribution in [1.82, 2.24) is 9.78 Å². The number of hydrogen-bond donors (Lipinski definition) is 1. The minimum atomic E-state index is -0.518. The summed E-state index contributed by atoms with van der Waals surface area (Å²) in [6, 6.07) is 12.8. The summed E-state index contributed by atoms with van der Waals surface area (Å²) in [6.07, 6.45) is 0. The summed E-state index contributed by atoms with van der Waals surface area (Å²) in [4.78, 5) is 22.3. The summed E-state index contributed by atoms with van der Waals surface area (Å²) in [7, 11) is 0. The smallest absolute Gasteiger partial charge is 0.269 e. The van der Waals surface area contributed by atoms with Gasteiger partial charge in [0.15, 0.2) is 6.61 Å². The normalized spacial score (nSPS) is 10.4. The van der Waals surface area contributed by atoms with Crippen molar-refractivity contribution in [3.63, 3.8) is 0 Å². The lowest BCUT2D eigenvalue weighted by Gasteiger charge is -2.10. The van der Waals surface area contributed by atoms with Crippen LogP contribution in [0.25, 0.3) is 5.69 Å². The van der Waals surface area contributed by atoms with Crippen LogP contribution >= 0.6 is 0 Å². The van der Waals surface area contributed by atoms with E-state index in [0.717, 1.165) is 0 Å². The van der Waals surface area contributed by atoms with Crippen LogP contribution < -0.4 is 10.1 Å². The molecule has 0 aliphatic heterocycles. The number of aromatic nitrogens is 2. The van der Waals surface area contributed by atoms with Gasteiger partial charge in [0.2, 0.25) is 0 Å². The molecule has 0 fully saturated rings. The van der Waals surface area contributed by atoms with Gasteiger partial charge in [0.1, 0.15) is 17.4 Å². The third-order valence-corrected chi connectivity index (χ3v) is 3.59. The number of hydrogen-bond acceptors (Lipinski definition) is 5. The zero-order valence-electron chi connectivity index (χ0n) is 14.3. The highest BCUT2D eigenvalue weighted by atomic mass is 19.1. The zero-order chi connectivity index (χ0) is 19.4. The summed E-state index contributed by atoms with van der Waals surface area (Å²) in [6.45, 7) is 1.48. The second kappa shape index (κ2) is 7.65. The molecule has 2 aromatic carbocycles. The molecule has 27 heavy (non-hydrogen) atoms. The molecule has 1 amide bonds. The molecule has 3 aromatic rings. The Balaban J connectivity index is 1.66. The molecule has 8 nitrogen and oxygen atoms in total. The van der Waals surface area contributed by atoms with E-state index in [4.69, 9.17) is 4.74 Å². The van der Waals surface area contributed by atoms with Gasteiger partial charge in [-0.2, -0.15) is 5.10 Å². The molecule has 9 heteroatoms. The highest BCUT2D eigenvalue weighted by Crippen LogP contribution is 2.19. The number of nitro benzene ring substituents is 1. The number of nitro groups is 1. The van der Waals surface area contributed by atoms with Crippen molar-refractivity contribution >= 4 is 17.4 Å². The van der Waals surface area contributed by atoms with Crippen LogP contribution in [0.15, 0.2) is 54.6 Å². The Bertz CT molecular complexity index is 968. The number of carbonyl (C=O) groups excluding carboxylic acids is 1. The predicted octanol–water partition coefficient (Wildman–Crippen LogP) is 3.25. The largest absolute Gasteiger partial charge is 0.484 e. The van der Waals surface area contributed by atoms with Crippen molar-refractivity contribution in [3.05, 3.63) is 76.2 Å². The number of benzene rings is 2. The van der Waals surface area contributed by atoms with Crippen molar-refractivity contribution in [2.24, 2.45) is 0 Å². The van der Waals surface area contributed by atoms with Gasteiger partial charge in [0.05, 0.1) is 16.3 Å². The van der Waals surface area contributed by atoms with E-state index < -0.39 is 10.8 Å². The lowest BCUT2D eigenvalue weighted by Crippen LogP contribution is -2.21. The van der Waals surface area contributed by atoms with E-state index in [1.54, 1.807) is 25.1 Å². The van der Waals surface area contributed by atoms with Gasteiger partial charge in [0, 0.05) is 18.2 Å². The lowest BCUT2D eigenvalue weighted by atomic mass is 10.3. The fraction of sp³-hybridized carbons (Fsp3) is 0.111. The SMILES string of the molecule is Cc1cc(NC(=O)COc2ccc([N+](=O)[O-])cc2)n(-c2ccc(F)cc2)n1. The van der Waals surface area contributed by atoms with Crippen LogP contribution in [-0.2, 0) is 4.79 Å². The van der Waals surface area contributed by atoms with Crippen LogP contribution in [0, 0.1) is 22.9 Å². The summed E-state index contributed by atoms with van der Waals surface area (Å²) in [5.74, 6) is -0.0586. The van der Waals surface area contributed by atoms with Crippen LogP contribution in [-0.4, -0.2) is 27.2 Å². The minimum Gasteiger partial charge on any atom is -0.484 e. The summed E-state index contributed by atoms with van der Waals surface area (Å²) in [5, 5.41) is 17.6. The quantitative estimate of drug-likeness (QED) is 0.530. The molecule has 1 N–H and O–H groups in total. The molecular weight excluding hydrogens is 355 g/mol. The summed E-state index contributed by atoms with van der Waals surface area (Å²) in [5.41, 5.74) is 1.20. The Labute approximate surface area is 153 Å². The zero-order valence-corrected chi connectivity index (χ0v) is 14.3. The van der Waals surface area contributed by atoms with Crippen LogP contribution in [0.2, 0.25) is 0 Å². The van der Waals surface area contributed by atoms with Gasteiger partial charge >= 0.3 is 0 Å². The lowest BCUT2D eigenvalue weighted by molar-refractivity contribution is -0.384. The van der Waals surface area contributed by atoms with Crippen LogP contribution in [0.3, 0.4) is 0 Å². The molecule has 0 atom stereocenters. The molecule has 0 spiro atoms. The van der Waals surface area contributed by atoms with Gasteiger partial charge in [-0.25, -0.2) is 9.07 Å². The Morgan fingerprint density at radius 1 is 1.22 bits per heavy atom. The van der Waals surface area contributed by atoms with Crippen molar-refractivity contribution < 1.29 is 18.8 Å². The predicted molar refractivity (Wildman–Crippen MR) is 95.5 cm³/mol. The van der Waals surface area contributed by atoms with Crippen molar-refractivity contribution in [2.75, 3.05) is 11.9 Å². The molecule has 138 valence electrons. The number of nitrogens with one attached hydrogen (secondary N) is 1. The maximum atomic E-state index is 13.1. The molecule has 0 saturated heterocycles. The molecule has 0 aliphatic rings. The number of halogens is 1. The van der Waals surface area contributed by atoms with E-state index in [0.29, 0.717) is 22.9 Å². The Kier molecular flexibility index (Phi) is 5.11. The third kappa shape index (κ3) is 4.46. The second-order valence-corrected chi connectivity index (χ2v) is 5.65. The molecular formula is C18H15FN4O4. The fourth-order valence-electron chi connectivity index (χ4n) is 2.36. The van der Waals surface area contributed by atoms with Gasteiger partial charge < -0.3 is 10.1 Å². The number of ether oxygens (including phenoxy) is 1. The van der Waals surface area contributed by atoms with E-state index in [1.165, 1.54) is 41.1 Å². The van der Waals surface area contributed by atoms with Crippen LogP contribution in [0.1, 0.15) is 5.69 Å². The molecule has 0 bridgehead atoms. The number of carbonyl (C=O) groups is 1. The third-order valence-electron chi connectivity index (χ3n) is 3.59. The van der Waals surface area contributed by atoms with Gasteiger partial charge in [-0.1, -0.05) is 0 Å². The average Bonchev–Trinajstić information content (AvgIpc) is 3.01. The first-order valence-corrected chi connectivity index (χ1v) is 7.92. The molecule has 1 aromatic heterocycles. The van der Waals surface area contributed by atoms with E-state index >= 15 is 0 Å². The monoisotopic (exact) mass is 370 g/mol. The van der Waals surface area contributed by atoms with Gasteiger partial charge in [-0.15, -0.1) is 0 Å². The minimum absolute atomic E-state index is 0.0644. The Hall–Kier alpha value is -3.75. The average molecular weight is 370 g/mol. The maximum absolute atomic E-state index is 13.1. The fourth-order valence-corrected chi connectivity index (χ4v) is 2.36. The molecule has 3 rings (SSSR count). The first-order valence-electron chi connectivity index (χ1n) is 7.92. The van der Waals surface area contributed by atoms with E-state index in [9.17, 15) is 19.3 Å². The number of nitrogens with zero attached hydrogens (tertiary/aromatic N) is 3. The van der Waals surface area contributed by atoms with Gasteiger partial charge in [0.25, 0.3) is 11.6 Å². The molecule has 0 unspecified atom stereocenters. The number of non-ortho nitro benzene ring substituents is 1. The number of aryl methyl sites for hydroxylation is 1. The number of rotatable bonds is 6. The maximum Gasteiger partial charge on any atom is 0.269 e.